The van der Waals surface area contributed by atoms with Gasteiger partial charge < -0.3 is 15.2 Å². The lowest BCUT2D eigenvalue weighted by atomic mass is 10.1. The number of alkyl carbamates (subject to hydrolysis) is 1. The van der Waals surface area contributed by atoms with Crippen molar-refractivity contribution in [3.63, 3.8) is 0 Å². The first-order chi connectivity index (χ1) is 10.7. The largest absolute Gasteiger partial charge is 0.445 e. The van der Waals surface area contributed by atoms with Gasteiger partial charge in [-0.3, -0.25) is 0 Å². The van der Waals surface area contributed by atoms with E-state index < -0.39 is 12.2 Å². The zero-order chi connectivity index (χ0) is 15.6. The van der Waals surface area contributed by atoms with Crippen molar-refractivity contribution in [2.75, 3.05) is 6.54 Å². The number of aliphatic hydroxyl groups is 1. The molecule has 0 bridgehead atoms. The molecule has 2 N–H and O–H groups in total. The van der Waals surface area contributed by atoms with Crippen LogP contribution in [0.1, 0.15) is 17.5 Å². The highest BCUT2D eigenvalue weighted by Gasteiger charge is 2.08. The fraction of sp³-hybridized carbons (Fsp3) is 0.278. The van der Waals surface area contributed by atoms with Crippen LogP contribution in [0.4, 0.5) is 4.79 Å². The number of carbonyl (C=O) groups excluding carboxylic acids is 1. The van der Waals surface area contributed by atoms with Crippen molar-refractivity contribution in [2.24, 2.45) is 0 Å². The molecule has 0 saturated carbocycles. The minimum Gasteiger partial charge on any atom is -0.445 e. The maximum Gasteiger partial charge on any atom is 0.407 e. The zero-order valence-corrected chi connectivity index (χ0v) is 12.4. The van der Waals surface area contributed by atoms with Crippen LogP contribution in [-0.2, 0) is 17.8 Å². The first-order valence-electron chi connectivity index (χ1n) is 7.40. The Hall–Kier alpha value is -2.33. The third kappa shape index (κ3) is 5.97. The van der Waals surface area contributed by atoms with Crippen LogP contribution < -0.4 is 5.32 Å². The van der Waals surface area contributed by atoms with E-state index in [1.165, 1.54) is 5.56 Å². The van der Waals surface area contributed by atoms with Crippen LogP contribution in [0.3, 0.4) is 0 Å². The molecule has 0 aliphatic rings. The second-order valence-electron chi connectivity index (χ2n) is 5.12. The highest BCUT2D eigenvalue weighted by atomic mass is 16.5. The van der Waals surface area contributed by atoms with Gasteiger partial charge in [0.2, 0.25) is 0 Å². The van der Waals surface area contributed by atoms with Gasteiger partial charge in [-0.2, -0.15) is 0 Å². The fourth-order valence-corrected chi connectivity index (χ4v) is 2.06. The molecular weight excluding hydrogens is 278 g/mol. The SMILES string of the molecule is O=C(NCC(O)CCc1ccccc1)OCc1ccccc1. The highest BCUT2D eigenvalue weighted by Crippen LogP contribution is 2.05. The molecule has 0 heterocycles. The maximum atomic E-state index is 11.6. The van der Waals surface area contributed by atoms with E-state index in [0.29, 0.717) is 6.42 Å². The average molecular weight is 299 g/mol. The first kappa shape index (κ1) is 16.0. The summed E-state index contributed by atoms with van der Waals surface area (Å²) in [6.07, 6.45) is 0.290. The van der Waals surface area contributed by atoms with Gasteiger partial charge >= 0.3 is 6.09 Å². The lowest BCUT2D eigenvalue weighted by Gasteiger charge is -2.12. The normalized spacial score (nSPS) is 11.7. The van der Waals surface area contributed by atoms with E-state index in [9.17, 15) is 9.90 Å². The van der Waals surface area contributed by atoms with Crippen LogP contribution in [-0.4, -0.2) is 23.8 Å². The second kappa shape index (κ2) is 8.85. The average Bonchev–Trinajstić information content (AvgIpc) is 2.58. The summed E-state index contributed by atoms with van der Waals surface area (Å²) in [4.78, 5) is 11.6. The molecule has 0 aliphatic carbocycles. The van der Waals surface area contributed by atoms with Gasteiger partial charge in [0, 0.05) is 6.54 Å². The molecule has 0 saturated heterocycles. The number of hydrogen-bond acceptors (Lipinski definition) is 3. The summed E-state index contributed by atoms with van der Waals surface area (Å²) in [6, 6.07) is 19.4. The summed E-state index contributed by atoms with van der Waals surface area (Å²) in [5.41, 5.74) is 2.11. The predicted octanol–water partition coefficient (Wildman–Crippen LogP) is 2.91. The summed E-state index contributed by atoms with van der Waals surface area (Å²) >= 11 is 0. The van der Waals surface area contributed by atoms with Crippen LogP contribution in [0.15, 0.2) is 60.7 Å². The van der Waals surface area contributed by atoms with E-state index in [4.69, 9.17) is 4.74 Å². The molecule has 4 heteroatoms. The molecule has 2 rings (SSSR count). The van der Waals surface area contributed by atoms with E-state index in [-0.39, 0.29) is 13.2 Å². The molecular formula is C18H21NO3. The van der Waals surface area contributed by atoms with Crippen molar-refractivity contribution in [1.29, 1.82) is 0 Å². The number of benzene rings is 2. The van der Waals surface area contributed by atoms with Crippen molar-refractivity contribution in [1.82, 2.24) is 5.32 Å². The third-order valence-electron chi connectivity index (χ3n) is 3.30. The number of aryl methyl sites for hydroxylation is 1. The summed E-state index contributed by atoms with van der Waals surface area (Å²) < 4.78 is 5.08. The maximum absolute atomic E-state index is 11.6. The monoisotopic (exact) mass is 299 g/mol. The molecule has 0 fully saturated rings. The Morgan fingerprint density at radius 2 is 1.59 bits per heavy atom. The highest BCUT2D eigenvalue weighted by molar-refractivity contribution is 5.67. The minimum absolute atomic E-state index is 0.195. The Balaban J connectivity index is 1.61. The van der Waals surface area contributed by atoms with E-state index in [2.05, 4.69) is 5.32 Å². The van der Waals surface area contributed by atoms with Crippen LogP contribution in [0, 0.1) is 0 Å². The van der Waals surface area contributed by atoms with Crippen LogP contribution in [0.2, 0.25) is 0 Å². The Bertz CT molecular complexity index is 557. The molecule has 0 aliphatic heterocycles. The number of ether oxygens (including phenoxy) is 1. The lowest BCUT2D eigenvalue weighted by Crippen LogP contribution is -2.32. The Morgan fingerprint density at radius 1 is 1.00 bits per heavy atom. The number of amides is 1. The fourth-order valence-electron chi connectivity index (χ4n) is 2.06. The van der Waals surface area contributed by atoms with Gasteiger partial charge in [0.15, 0.2) is 0 Å². The van der Waals surface area contributed by atoms with E-state index in [0.717, 1.165) is 12.0 Å². The van der Waals surface area contributed by atoms with Crippen molar-refractivity contribution < 1.29 is 14.6 Å². The van der Waals surface area contributed by atoms with E-state index >= 15 is 0 Å². The summed E-state index contributed by atoms with van der Waals surface area (Å²) in [6.45, 7) is 0.424. The topological polar surface area (TPSA) is 58.6 Å². The second-order valence-corrected chi connectivity index (χ2v) is 5.12. The first-order valence-corrected chi connectivity index (χ1v) is 7.40. The van der Waals surface area contributed by atoms with Crippen molar-refractivity contribution >= 4 is 6.09 Å². The Labute approximate surface area is 130 Å². The quantitative estimate of drug-likeness (QED) is 0.826. The summed E-state index contributed by atoms with van der Waals surface area (Å²) in [7, 11) is 0. The number of hydrogen-bond donors (Lipinski definition) is 2. The smallest absolute Gasteiger partial charge is 0.407 e. The minimum atomic E-state index is -0.579. The van der Waals surface area contributed by atoms with Gasteiger partial charge in [-0.05, 0) is 24.0 Å². The molecule has 1 atom stereocenters. The number of rotatable bonds is 7. The molecule has 2 aromatic carbocycles. The number of aliphatic hydroxyl groups excluding tert-OH is 1. The number of nitrogens with one attached hydrogen (secondary N) is 1. The molecule has 0 radical (unpaired) electrons. The zero-order valence-electron chi connectivity index (χ0n) is 12.4. The van der Waals surface area contributed by atoms with Gasteiger partial charge in [0.1, 0.15) is 6.61 Å². The van der Waals surface area contributed by atoms with Gasteiger partial charge in [-0.15, -0.1) is 0 Å². The lowest BCUT2D eigenvalue weighted by molar-refractivity contribution is 0.123. The molecule has 22 heavy (non-hydrogen) atoms. The molecule has 0 spiro atoms. The Morgan fingerprint density at radius 3 is 2.23 bits per heavy atom. The summed E-state index contributed by atoms with van der Waals surface area (Å²) in [5.74, 6) is 0. The predicted molar refractivity (Wildman–Crippen MR) is 85.4 cm³/mol. The van der Waals surface area contributed by atoms with Crippen LogP contribution in [0.5, 0.6) is 0 Å². The molecule has 2 aromatic rings. The molecule has 0 aromatic heterocycles. The Kier molecular flexibility index (Phi) is 6.45. The molecule has 1 unspecified atom stereocenters. The number of carbonyl (C=O) groups is 1. The molecule has 4 nitrogen and oxygen atoms in total. The summed E-state index contributed by atoms with van der Waals surface area (Å²) in [5, 5.41) is 12.5. The van der Waals surface area contributed by atoms with E-state index in [1.54, 1.807) is 0 Å². The molecule has 1 amide bonds. The standard InChI is InChI=1S/C18H21NO3/c20-17(12-11-15-7-3-1-4-8-15)13-19-18(21)22-14-16-9-5-2-6-10-16/h1-10,17,20H,11-14H2,(H,19,21). The van der Waals surface area contributed by atoms with Gasteiger partial charge in [-0.25, -0.2) is 4.79 Å². The van der Waals surface area contributed by atoms with Crippen molar-refractivity contribution in [2.45, 2.75) is 25.6 Å². The third-order valence-corrected chi connectivity index (χ3v) is 3.30. The van der Waals surface area contributed by atoms with Crippen LogP contribution >= 0.6 is 0 Å². The van der Waals surface area contributed by atoms with E-state index in [1.807, 2.05) is 60.7 Å². The van der Waals surface area contributed by atoms with Gasteiger partial charge in [-0.1, -0.05) is 60.7 Å². The van der Waals surface area contributed by atoms with Gasteiger partial charge in [0.05, 0.1) is 6.10 Å². The van der Waals surface area contributed by atoms with Crippen molar-refractivity contribution in [3.8, 4) is 0 Å². The molecule has 116 valence electrons. The van der Waals surface area contributed by atoms with Gasteiger partial charge in [0.25, 0.3) is 0 Å². The van der Waals surface area contributed by atoms with Crippen LogP contribution in [0.25, 0.3) is 0 Å². The van der Waals surface area contributed by atoms with Crippen molar-refractivity contribution in [3.05, 3.63) is 71.8 Å².